The van der Waals surface area contributed by atoms with Gasteiger partial charge >= 0.3 is 12.1 Å². The average molecular weight is 215 g/mol. The number of rotatable bonds is 6. The highest BCUT2D eigenvalue weighted by molar-refractivity contribution is 5.72. The van der Waals surface area contributed by atoms with Gasteiger partial charge in [0.2, 0.25) is 0 Å². The molecule has 0 aromatic carbocycles. The number of hydrogen-bond donors (Lipinski definition) is 2. The molecule has 0 aromatic rings. The van der Waals surface area contributed by atoms with Crippen LogP contribution < -0.4 is 5.32 Å². The molecule has 0 bridgehead atoms. The molecule has 0 fully saturated rings. The van der Waals surface area contributed by atoms with Crippen LogP contribution in [0.2, 0.25) is 0 Å². The molecule has 0 saturated heterocycles. The van der Waals surface area contributed by atoms with Gasteiger partial charge in [0.25, 0.3) is 0 Å². The number of carboxylic acid groups (broad SMARTS) is 1. The number of halogens is 3. The first kappa shape index (κ1) is 13.2. The van der Waals surface area contributed by atoms with Crippen LogP contribution in [0.3, 0.4) is 0 Å². The van der Waals surface area contributed by atoms with Crippen molar-refractivity contribution < 1.29 is 27.8 Å². The topological polar surface area (TPSA) is 58.6 Å². The number of alkyl halides is 3. The quantitative estimate of drug-likeness (QED) is 0.638. The zero-order valence-electron chi connectivity index (χ0n) is 7.60. The van der Waals surface area contributed by atoms with Crippen molar-refractivity contribution in [1.82, 2.24) is 5.32 Å². The van der Waals surface area contributed by atoms with E-state index in [4.69, 9.17) is 5.11 Å². The summed E-state index contributed by atoms with van der Waals surface area (Å²) in [7, 11) is 0. The van der Waals surface area contributed by atoms with E-state index in [0.717, 1.165) is 0 Å². The predicted molar refractivity (Wildman–Crippen MR) is 42.0 cm³/mol. The molecule has 4 nitrogen and oxygen atoms in total. The predicted octanol–water partition coefficient (Wildman–Crippen LogP) is 0.628. The Balaban J connectivity index is 3.35. The molecule has 0 aliphatic heterocycles. The molecule has 14 heavy (non-hydrogen) atoms. The average Bonchev–Trinajstić information content (AvgIpc) is 2.01. The second-order valence-electron chi connectivity index (χ2n) is 2.68. The van der Waals surface area contributed by atoms with Crippen LogP contribution in [0.25, 0.3) is 0 Å². The fraction of sp³-hybridized carbons (Fsp3) is 0.857. The third-order valence-corrected chi connectivity index (χ3v) is 1.33. The molecular weight excluding hydrogens is 203 g/mol. The van der Waals surface area contributed by atoms with Crippen molar-refractivity contribution in [2.45, 2.75) is 19.1 Å². The molecule has 0 rings (SSSR count). The van der Waals surface area contributed by atoms with E-state index in [1.54, 1.807) is 0 Å². The van der Waals surface area contributed by atoms with Crippen molar-refractivity contribution in [2.75, 3.05) is 19.8 Å². The summed E-state index contributed by atoms with van der Waals surface area (Å²) in [6, 6.07) is -0.788. The first-order chi connectivity index (χ1) is 6.33. The number of ether oxygens (including phenoxy) is 1. The van der Waals surface area contributed by atoms with Gasteiger partial charge in [0.05, 0.1) is 6.61 Å². The molecule has 0 unspecified atom stereocenters. The molecule has 0 saturated carbocycles. The summed E-state index contributed by atoms with van der Waals surface area (Å²) >= 11 is 0. The summed E-state index contributed by atoms with van der Waals surface area (Å²) in [5.74, 6) is -1.05. The minimum absolute atomic E-state index is 0.0730. The van der Waals surface area contributed by atoms with Crippen LogP contribution in [0.5, 0.6) is 0 Å². The third kappa shape index (κ3) is 7.81. The minimum Gasteiger partial charge on any atom is -0.480 e. The van der Waals surface area contributed by atoms with E-state index in [2.05, 4.69) is 10.1 Å². The van der Waals surface area contributed by atoms with E-state index in [0.29, 0.717) is 0 Å². The molecule has 7 heteroatoms. The molecule has 0 spiro atoms. The Labute approximate surface area is 79.0 Å². The Morgan fingerprint density at radius 1 is 1.57 bits per heavy atom. The summed E-state index contributed by atoms with van der Waals surface area (Å²) < 4.78 is 38.8. The Hall–Kier alpha value is -0.820. The fourth-order valence-corrected chi connectivity index (χ4v) is 0.623. The van der Waals surface area contributed by atoms with Gasteiger partial charge in [0.15, 0.2) is 0 Å². The second-order valence-corrected chi connectivity index (χ2v) is 2.68. The Morgan fingerprint density at radius 2 is 2.14 bits per heavy atom. The molecule has 84 valence electrons. The maximum absolute atomic E-state index is 11.5. The van der Waals surface area contributed by atoms with Crippen LogP contribution in [0, 0.1) is 0 Å². The maximum Gasteiger partial charge on any atom is 0.411 e. The van der Waals surface area contributed by atoms with Crippen molar-refractivity contribution in [1.29, 1.82) is 0 Å². The molecule has 0 aromatic heterocycles. The van der Waals surface area contributed by atoms with Gasteiger partial charge in [-0.2, -0.15) is 13.2 Å². The van der Waals surface area contributed by atoms with Gasteiger partial charge in [-0.25, -0.2) is 0 Å². The van der Waals surface area contributed by atoms with Crippen LogP contribution in [0.15, 0.2) is 0 Å². The molecule has 0 heterocycles. The minimum atomic E-state index is -4.33. The van der Waals surface area contributed by atoms with Gasteiger partial charge in [0.1, 0.15) is 12.6 Å². The monoisotopic (exact) mass is 215 g/mol. The fourth-order valence-electron chi connectivity index (χ4n) is 0.623. The van der Waals surface area contributed by atoms with Gasteiger partial charge in [-0.1, -0.05) is 0 Å². The summed E-state index contributed by atoms with van der Waals surface area (Å²) in [6.07, 6.45) is -4.33. The molecule has 0 aliphatic carbocycles. The van der Waals surface area contributed by atoms with Gasteiger partial charge in [-0.3, -0.25) is 4.79 Å². The lowest BCUT2D eigenvalue weighted by Crippen LogP contribution is -2.36. The van der Waals surface area contributed by atoms with Crippen molar-refractivity contribution >= 4 is 5.97 Å². The molecule has 0 radical (unpaired) electrons. The number of hydrogen-bond acceptors (Lipinski definition) is 3. The van der Waals surface area contributed by atoms with Crippen molar-refractivity contribution in [3.63, 3.8) is 0 Å². The van der Waals surface area contributed by atoms with E-state index in [-0.39, 0.29) is 13.2 Å². The van der Waals surface area contributed by atoms with E-state index >= 15 is 0 Å². The SMILES string of the molecule is C[C@@H](NCCOCC(F)(F)F)C(=O)O. The van der Waals surface area contributed by atoms with Crippen LogP contribution >= 0.6 is 0 Å². The first-order valence-corrected chi connectivity index (χ1v) is 3.93. The number of nitrogens with one attached hydrogen (secondary N) is 1. The van der Waals surface area contributed by atoms with Gasteiger partial charge < -0.3 is 15.2 Å². The highest BCUT2D eigenvalue weighted by Gasteiger charge is 2.27. The van der Waals surface area contributed by atoms with Crippen molar-refractivity contribution in [3.05, 3.63) is 0 Å². The lowest BCUT2D eigenvalue weighted by molar-refractivity contribution is -0.173. The third-order valence-electron chi connectivity index (χ3n) is 1.33. The number of carboxylic acids is 1. The highest BCUT2D eigenvalue weighted by Crippen LogP contribution is 2.13. The van der Waals surface area contributed by atoms with Crippen LogP contribution in [-0.4, -0.2) is 43.1 Å². The lowest BCUT2D eigenvalue weighted by atomic mass is 10.3. The summed E-state index contributed by atoms with van der Waals surface area (Å²) in [4.78, 5) is 10.2. The molecule has 0 aliphatic rings. The Kier molecular flexibility index (Phi) is 5.47. The zero-order chi connectivity index (χ0) is 11.2. The number of aliphatic carboxylic acids is 1. The second kappa shape index (κ2) is 5.82. The summed E-state index contributed by atoms with van der Waals surface area (Å²) in [5, 5.41) is 10.9. The first-order valence-electron chi connectivity index (χ1n) is 3.93. The molecule has 2 N–H and O–H groups in total. The van der Waals surface area contributed by atoms with Gasteiger partial charge in [0, 0.05) is 6.54 Å². The molecule has 1 atom stereocenters. The van der Waals surface area contributed by atoms with E-state index in [1.807, 2.05) is 0 Å². The van der Waals surface area contributed by atoms with Gasteiger partial charge in [-0.15, -0.1) is 0 Å². The number of carbonyl (C=O) groups is 1. The van der Waals surface area contributed by atoms with E-state index in [1.165, 1.54) is 6.92 Å². The van der Waals surface area contributed by atoms with Crippen molar-refractivity contribution in [2.24, 2.45) is 0 Å². The van der Waals surface area contributed by atoms with Crippen LogP contribution in [0.4, 0.5) is 13.2 Å². The Bertz CT molecular complexity index is 184. The standard InChI is InChI=1S/C7H12F3NO3/c1-5(6(12)13)11-2-3-14-4-7(8,9)10/h5,11H,2-4H2,1H3,(H,12,13)/t5-/m1/s1. The highest BCUT2D eigenvalue weighted by atomic mass is 19.4. The van der Waals surface area contributed by atoms with E-state index in [9.17, 15) is 18.0 Å². The molecular formula is C7H12F3NO3. The van der Waals surface area contributed by atoms with E-state index < -0.39 is 24.8 Å². The lowest BCUT2D eigenvalue weighted by Gasteiger charge is -2.10. The summed E-state index contributed by atoms with van der Waals surface area (Å²) in [5.41, 5.74) is 0. The normalized spacial score (nSPS) is 14.0. The maximum atomic E-state index is 11.5. The van der Waals surface area contributed by atoms with Crippen LogP contribution in [0.1, 0.15) is 6.92 Å². The summed E-state index contributed by atoms with van der Waals surface area (Å²) in [6.45, 7) is -0.0110. The van der Waals surface area contributed by atoms with Crippen LogP contribution in [-0.2, 0) is 9.53 Å². The Morgan fingerprint density at radius 3 is 2.57 bits per heavy atom. The van der Waals surface area contributed by atoms with Crippen molar-refractivity contribution in [3.8, 4) is 0 Å². The zero-order valence-corrected chi connectivity index (χ0v) is 7.60. The smallest absolute Gasteiger partial charge is 0.411 e. The van der Waals surface area contributed by atoms with Gasteiger partial charge in [-0.05, 0) is 6.92 Å². The largest absolute Gasteiger partial charge is 0.480 e. The molecule has 0 amide bonds.